The van der Waals surface area contributed by atoms with Crippen molar-refractivity contribution in [3.63, 3.8) is 0 Å². The summed E-state index contributed by atoms with van der Waals surface area (Å²) in [6.45, 7) is 3.13. The number of sulfonamides is 1. The van der Waals surface area contributed by atoms with E-state index < -0.39 is 21.1 Å². The molecule has 0 radical (unpaired) electrons. The Morgan fingerprint density at radius 1 is 1.43 bits per heavy atom. The molecular formula is C13H18N2O5S. The van der Waals surface area contributed by atoms with E-state index in [2.05, 4.69) is 4.72 Å². The maximum absolute atomic E-state index is 12.2. The first-order chi connectivity index (χ1) is 9.72. The number of rotatable bonds is 6. The van der Waals surface area contributed by atoms with Crippen LogP contribution in [0, 0.1) is 29.9 Å². The average molecular weight is 314 g/mol. The van der Waals surface area contributed by atoms with Gasteiger partial charge in [0.15, 0.2) is 0 Å². The Hall–Kier alpha value is -1.51. The second-order valence-electron chi connectivity index (χ2n) is 5.40. The van der Waals surface area contributed by atoms with Gasteiger partial charge in [0.05, 0.1) is 15.9 Å². The second kappa shape index (κ2) is 5.70. The molecule has 1 aliphatic carbocycles. The molecule has 0 aliphatic heterocycles. The minimum Gasteiger partial charge on any atom is -0.391 e. The summed E-state index contributed by atoms with van der Waals surface area (Å²) >= 11 is 0. The number of aliphatic hydroxyl groups excluding tert-OH is 1. The first-order valence-corrected chi connectivity index (χ1v) is 8.14. The summed E-state index contributed by atoms with van der Waals surface area (Å²) in [6, 6.07) is 2.45. The highest BCUT2D eigenvalue weighted by Gasteiger charge is 2.31. The maximum atomic E-state index is 12.2. The van der Waals surface area contributed by atoms with Crippen molar-refractivity contribution in [1.29, 1.82) is 0 Å². The largest absolute Gasteiger partial charge is 0.391 e. The van der Waals surface area contributed by atoms with Crippen molar-refractivity contribution in [3.8, 4) is 0 Å². The van der Waals surface area contributed by atoms with Crippen molar-refractivity contribution in [2.45, 2.75) is 37.7 Å². The zero-order chi connectivity index (χ0) is 15.8. The van der Waals surface area contributed by atoms with E-state index in [4.69, 9.17) is 0 Å². The quantitative estimate of drug-likeness (QED) is 0.607. The van der Waals surface area contributed by atoms with Gasteiger partial charge in [-0.2, -0.15) is 0 Å². The number of benzene rings is 1. The number of hydrogen-bond acceptors (Lipinski definition) is 5. The lowest BCUT2D eigenvalue weighted by molar-refractivity contribution is -0.385. The molecule has 0 bridgehead atoms. The Morgan fingerprint density at radius 2 is 2.05 bits per heavy atom. The third-order valence-corrected chi connectivity index (χ3v) is 5.17. The van der Waals surface area contributed by atoms with Crippen molar-refractivity contribution in [2.24, 2.45) is 5.92 Å². The smallest absolute Gasteiger partial charge is 0.273 e. The van der Waals surface area contributed by atoms with E-state index in [1.54, 1.807) is 13.8 Å². The molecule has 2 rings (SSSR count). The van der Waals surface area contributed by atoms with Crippen LogP contribution in [-0.2, 0) is 10.0 Å². The molecule has 0 spiro atoms. The fourth-order valence-electron chi connectivity index (χ4n) is 2.08. The SMILES string of the molecule is Cc1cc(S(=O)(=O)NCC(O)C2CC2)cc([N+](=O)[O-])c1C. The van der Waals surface area contributed by atoms with Gasteiger partial charge in [0.25, 0.3) is 5.69 Å². The molecular weight excluding hydrogens is 296 g/mol. The summed E-state index contributed by atoms with van der Waals surface area (Å²) in [5.41, 5.74) is 0.752. The van der Waals surface area contributed by atoms with Gasteiger partial charge in [-0.15, -0.1) is 0 Å². The minimum atomic E-state index is -3.87. The van der Waals surface area contributed by atoms with E-state index in [1.807, 2.05) is 0 Å². The van der Waals surface area contributed by atoms with Crippen LogP contribution in [0.5, 0.6) is 0 Å². The number of aliphatic hydroxyl groups is 1. The molecule has 7 nitrogen and oxygen atoms in total. The van der Waals surface area contributed by atoms with Crippen LogP contribution < -0.4 is 4.72 Å². The number of nitro benzene ring substituents is 1. The predicted molar refractivity (Wildman–Crippen MR) is 76.5 cm³/mol. The summed E-state index contributed by atoms with van der Waals surface area (Å²) in [6.07, 6.45) is 1.09. The molecule has 0 amide bonds. The van der Waals surface area contributed by atoms with Crippen LogP contribution in [-0.4, -0.2) is 31.1 Å². The molecule has 1 aromatic rings. The molecule has 0 heterocycles. The molecule has 1 atom stereocenters. The number of aryl methyl sites for hydroxylation is 1. The van der Waals surface area contributed by atoms with Crippen LogP contribution in [0.2, 0.25) is 0 Å². The van der Waals surface area contributed by atoms with Crippen LogP contribution in [0.25, 0.3) is 0 Å². The van der Waals surface area contributed by atoms with Gasteiger partial charge in [-0.1, -0.05) is 0 Å². The fraction of sp³-hybridized carbons (Fsp3) is 0.538. The Balaban J connectivity index is 2.24. The fourth-order valence-corrected chi connectivity index (χ4v) is 3.23. The Kier molecular flexibility index (Phi) is 4.31. The summed E-state index contributed by atoms with van der Waals surface area (Å²) in [7, 11) is -3.87. The highest BCUT2D eigenvalue weighted by molar-refractivity contribution is 7.89. The van der Waals surface area contributed by atoms with Crippen LogP contribution in [0.15, 0.2) is 17.0 Å². The van der Waals surface area contributed by atoms with Gasteiger partial charge in [-0.05, 0) is 44.2 Å². The summed E-state index contributed by atoms with van der Waals surface area (Å²) in [4.78, 5) is 10.2. The van der Waals surface area contributed by atoms with Gasteiger partial charge in [-0.25, -0.2) is 13.1 Å². The molecule has 116 valence electrons. The molecule has 21 heavy (non-hydrogen) atoms. The molecule has 1 saturated carbocycles. The summed E-state index contributed by atoms with van der Waals surface area (Å²) in [5, 5.41) is 20.7. The third-order valence-electron chi connectivity index (χ3n) is 3.77. The highest BCUT2D eigenvalue weighted by Crippen LogP contribution is 2.32. The molecule has 1 aliphatic rings. The zero-order valence-corrected chi connectivity index (χ0v) is 12.7. The van der Waals surface area contributed by atoms with E-state index >= 15 is 0 Å². The molecule has 2 N–H and O–H groups in total. The van der Waals surface area contributed by atoms with Crippen LogP contribution in [0.1, 0.15) is 24.0 Å². The lowest BCUT2D eigenvalue weighted by Gasteiger charge is -2.12. The first kappa shape index (κ1) is 15.9. The number of nitrogens with one attached hydrogen (secondary N) is 1. The van der Waals surface area contributed by atoms with E-state index in [9.17, 15) is 23.6 Å². The minimum absolute atomic E-state index is 0.0757. The van der Waals surface area contributed by atoms with E-state index in [0.29, 0.717) is 11.1 Å². The summed E-state index contributed by atoms with van der Waals surface area (Å²) in [5.74, 6) is 0.154. The van der Waals surface area contributed by atoms with E-state index in [0.717, 1.165) is 18.9 Å². The lowest BCUT2D eigenvalue weighted by atomic mass is 10.1. The topological polar surface area (TPSA) is 110 Å². The second-order valence-corrected chi connectivity index (χ2v) is 7.17. The standard InChI is InChI=1S/C13H18N2O5S/c1-8-5-11(6-12(9(8)2)15(17)18)21(19,20)14-7-13(16)10-3-4-10/h5-6,10,13-14,16H,3-4,7H2,1-2H3. The summed E-state index contributed by atoms with van der Waals surface area (Å²) < 4.78 is 26.7. The predicted octanol–water partition coefficient (Wildman–Crippen LogP) is 1.26. The van der Waals surface area contributed by atoms with Crippen LogP contribution in [0.4, 0.5) is 5.69 Å². The van der Waals surface area contributed by atoms with Crippen LogP contribution in [0.3, 0.4) is 0 Å². The molecule has 8 heteroatoms. The third kappa shape index (κ3) is 3.58. The molecule has 1 unspecified atom stereocenters. The molecule has 1 fully saturated rings. The van der Waals surface area contributed by atoms with Gasteiger partial charge in [-0.3, -0.25) is 10.1 Å². The molecule has 0 aromatic heterocycles. The molecule has 0 saturated heterocycles. The van der Waals surface area contributed by atoms with Gasteiger partial charge >= 0.3 is 0 Å². The van der Waals surface area contributed by atoms with Crippen molar-refractivity contribution < 1.29 is 18.4 Å². The lowest BCUT2D eigenvalue weighted by Crippen LogP contribution is -2.33. The number of nitro groups is 1. The van der Waals surface area contributed by atoms with Crippen molar-refractivity contribution in [1.82, 2.24) is 4.72 Å². The average Bonchev–Trinajstić information content (AvgIpc) is 3.23. The zero-order valence-electron chi connectivity index (χ0n) is 11.9. The van der Waals surface area contributed by atoms with E-state index in [-0.39, 0.29) is 23.0 Å². The Bertz CT molecular complexity index is 667. The maximum Gasteiger partial charge on any atom is 0.273 e. The monoisotopic (exact) mass is 314 g/mol. The highest BCUT2D eigenvalue weighted by atomic mass is 32.2. The van der Waals surface area contributed by atoms with Gasteiger partial charge in [0.2, 0.25) is 10.0 Å². The van der Waals surface area contributed by atoms with Gasteiger partial charge < -0.3 is 5.11 Å². The number of nitrogens with zero attached hydrogens (tertiary/aromatic N) is 1. The first-order valence-electron chi connectivity index (χ1n) is 6.65. The van der Waals surface area contributed by atoms with Gasteiger partial charge in [0.1, 0.15) is 0 Å². The van der Waals surface area contributed by atoms with Crippen LogP contribution >= 0.6 is 0 Å². The van der Waals surface area contributed by atoms with Crippen molar-refractivity contribution in [3.05, 3.63) is 33.4 Å². The molecule has 1 aromatic carbocycles. The van der Waals surface area contributed by atoms with Gasteiger partial charge in [0, 0.05) is 18.2 Å². The number of hydrogen-bond donors (Lipinski definition) is 2. The van der Waals surface area contributed by atoms with Crippen molar-refractivity contribution in [2.75, 3.05) is 6.54 Å². The Morgan fingerprint density at radius 3 is 2.57 bits per heavy atom. The Labute approximate surface area is 123 Å². The van der Waals surface area contributed by atoms with E-state index in [1.165, 1.54) is 6.07 Å². The van der Waals surface area contributed by atoms with Crippen molar-refractivity contribution >= 4 is 15.7 Å². The normalized spacial score (nSPS) is 16.7.